The van der Waals surface area contributed by atoms with E-state index in [1.165, 1.54) is 327 Å². The maximum absolute atomic E-state index is 13.2. The van der Waals surface area contributed by atoms with E-state index in [1.807, 2.05) is 0 Å². The second-order valence-electron chi connectivity index (χ2n) is 33.3. The minimum Gasteiger partial charge on any atom is -0.462 e. The van der Waals surface area contributed by atoms with Crippen LogP contribution in [0.2, 0.25) is 0 Å². The first-order chi connectivity index (χ1) is 54.1. The molecule has 0 aliphatic carbocycles. The standard InChI is InChI=1S/C92H180O17P2/c1-6-10-13-16-19-22-25-28-30-32-33-34-39-42-46-51-56-61-66-71-76-90(95)103-82-88(109-92(97)78-73-68-63-58-53-48-44-40-36-35-38-41-45-49-54-59-64-69-74-85(5)9-4)84-107-111(100,101)105-80-86(93)79-104-110(98,99)106-83-87(81-102-89(94)75-70-65-60-55-50-27-24-21-18-15-12-8-3)108-91(96)77-72-67-62-57-52-47-43-37-31-29-26-23-20-17-14-11-7-2/h85-88,93H,6-84H2,1-5H3,(H,98,99)(H,100,101)/t85?,86-,87+,88+/m0/s1. The van der Waals surface area contributed by atoms with E-state index in [1.54, 1.807) is 0 Å². The maximum atomic E-state index is 13.2. The van der Waals surface area contributed by atoms with Crippen molar-refractivity contribution in [2.75, 3.05) is 39.6 Å². The van der Waals surface area contributed by atoms with Gasteiger partial charge in [0.2, 0.25) is 0 Å². The van der Waals surface area contributed by atoms with Crippen molar-refractivity contribution in [1.29, 1.82) is 0 Å². The van der Waals surface area contributed by atoms with Crippen LogP contribution in [0, 0.1) is 5.92 Å². The molecular weight excluding hydrogens is 1440 g/mol. The molecule has 0 spiro atoms. The van der Waals surface area contributed by atoms with Crippen LogP contribution in [0.4, 0.5) is 0 Å². The van der Waals surface area contributed by atoms with Crippen LogP contribution in [-0.4, -0.2) is 96.7 Å². The lowest BCUT2D eigenvalue weighted by Crippen LogP contribution is -2.30. The number of rotatable bonds is 92. The Labute approximate surface area is 683 Å². The Morgan fingerprint density at radius 3 is 0.640 bits per heavy atom. The minimum absolute atomic E-state index is 0.109. The molecule has 0 rings (SSSR count). The number of carbonyl (C=O) groups excluding carboxylic acids is 4. The number of hydrogen-bond acceptors (Lipinski definition) is 15. The fourth-order valence-corrected chi connectivity index (χ4v) is 16.1. The summed E-state index contributed by atoms with van der Waals surface area (Å²) >= 11 is 0. The predicted molar refractivity (Wildman–Crippen MR) is 460 cm³/mol. The highest BCUT2D eigenvalue weighted by molar-refractivity contribution is 7.47. The van der Waals surface area contributed by atoms with Gasteiger partial charge in [0.15, 0.2) is 12.2 Å². The zero-order valence-electron chi connectivity index (χ0n) is 73.1. The average Bonchev–Trinajstić information content (AvgIpc) is 0.898. The Morgan fingerprint density at radius 1 is 0.252 bits per heavy atom. The third kappa shape index (κ3) is 84.3. The van der Waals surface area contributed by atoms with Crippen molar-refractivity contribution >= 4 is 39.5 Å². The van der Waals surface area contributed by atoms with E-state index in [4.69, 9.17) is 37.0 Å². The van der Waals surface area contributed by atoms with Gasteiger partial charge < -0.3 is 33.8 Å². The normalized spacial score (nSPS) is 13.9. The number of carbonyl (C=O) groups is 4. The number of aliphatic hydroxyl groups is 1. The molecule has 0 aromatic rings. The van der Waals surface area contributed by atoms with E-state index in [0.29, 0.717) is 25.7 Å². The Balaban J connectivity index is 5.24. The summed E-state index contributed by atoms with van der Waals surface area (Å²) in [5, 5.41) is 10.7. The number of phosphoric ester groups is 2. The Morgan fingerprint density at radius 2 is 0.432 bits per heavy atom. The molecule has 0 amide bonds. The van der Waals surface area contributed by atoms with Crippen molar-refractivity contribution in [3.8, 4) is 0 Å². The van der Waals surface area contributed by atoms with Crippen LogP contribution >= 0.6 is 15.6 Å². The molecule has 19 heteroatoms. The SMILES string of the molecule is CCCCCCCCCCCCCCCCCCCCCCC(=O)OC[C@H](COP(=O)(O)OC[C@@H](O)COP(=O)(O)OC[C@@H](COC(=O)CCCCCCCCCCCCCC)OC(=O)CCCCCCCCCCCCCCCCCCC)OC(=O)CCCCCCCCCCCCCCCCCCCCC(C)CC. The molecule has 0 aromatic heterocycles. The Bertz CT molecular complexity index is 2100. The smallest absolute Gasteiger partial charge is 0.462 e. The Kier molecular flexibility index (Phi) is 83.0. The summed E-state index contributed by atoms with van der Waals surface area (Å²) < 4.78 is 69.1. The number of aliphatic hydroxyl groups excluding tert-OH is 1. The van der Waals surface area contributed by atoms with E-state index >= 15 is 0 Å². The molecule has 3 unspecified atom stereocenters. The van der Waals surface area contributed by atoms with Gasteiger partial charge in [-0.05, 0) is 31.6 Å². The molecule has 660 valence electrons. The highest BCUT2D eigenvalue weighted by Crippen LogP contribution is 2.45. The van der Waals surface area contributed by atoms with Gasteiger partial charge in [0.05, 0.1) is 26.4 Å². The van der Waals surface area contributed by atoms with Gasteiger partial charge >= 0.3 is 39.5 Å². The molecule has 0 radical (unpaired) electrons. The fourth-order valence-electron chi connectivity index (χ4n) is 14.5. The molecule has 111 heavy (non-hydrogen) atoms. The summed E-state index contributed by atoms with van der Waals surface area (Å²) in [6.45, 7) is 7.47. The largest absolute Gasteiger partial charge is 0.472 e. The molecule has 0 bridgehead atoms. The van der Waals surface area contributed by atoms with Gasteiger partial charge in [0, 0.05) is 25.7 Å². The van der Waals surface area contributed by atoms with Gasteiger partial charge in [0.1, 0.15) is 19.3 Å². The molecule has 0 fully saturated rings. The molecule has 0 aliphatic heterocycles. The molecular formula is C92H180O17P2. The molecule has 6 atom stereocenters. The van der Waals surface area contributed by atoms with Gasteiger partial charge in [0.25, 0.3) is 0 Å². The number of ether oxygens (including phenoxy) is 4. The third-order valence-corrected chi connectivity index (χ3v) is 24.0. The average molecular weight is 1620 g/mol. The molecule has 3 N–H and O–H groups in total. The molecule has 0 saturated heterocycles. The van der Waals surface area contributed by atoms with Crippen molar-refractivity contribution in [2.45, 2.75) is 522 Å². The van der Waals surface area contributed by atoms with Gasteiger partial charge in [-0.2, -0.15) is 0 Å². The summed E-state index contributed by atoms with van der Waals surface area (Å²) in [5.41, 5.74) is 0. The summed E-state index contributed by atoms with van der Waals surface area (Å²) in [6.07, 6.45) is 80.5. The maximum Gasteiger partial charge on any atom is 0.472 e. The van der Waals surface area contributed by atoms with Gasteiger partial charge in [-0.15, -0.1) is 0 Å². The van der Waals surface area contributed by atoms with Crippen LogP contribution in [0.1, 0.15) is 503 Å². The van der Waals surface area contributed by atoms with Gasteiger partial charge in [-0.1, -0.05) is 452 Å². The third-order valence-electron chi connectivity index (χ3n) is 22.1. The van der Waals surface area contributed by atoms with E-state index in [-0.39, 0.29) is 25.7 Å². The van der Waals surface area contributed by atoms with E-state index in [9.17, 15) is 43.2 Å². The highest BCUT2D eigenvalue weighted by Gasteiger charge is 2.31. The van der Waals surface area contributed by atoms with Crippen molar-refractivity contribution in [1.82, 2.24) is 0 Å². The van der Waals surface area contributed by atoms with Crippen LogP contribution < -0.4 is 0 Å². The van der Waals surface area contributed by atoms with Crippen LogP contribution in [0.15, 0.2) is 0 Å². The van der Waals surface area contributed by atoms with Crippen molar-refractivity contribution in [3.05, 3.63) is 0 Å². The summed E-state index contributed by atoms with van der Waals surface area (Å²) in [4.78, 5) is 73.5. The van der Waals surface area contributed by atoms with Gasteiger partial charge in [-0.3, -0.25) is 37.3 Å². The van der Waals surface area contributed by atoms with E-state index in [0.717, 1.165) is 95.8 Å². The lowest BCUT2D eigenvalue weighted by atomic mass is 9.99. The number of unbranched alkanes of at least 4 members (excludes halogenated alkanes) is 63. The summed E-state index contributed by atoms with van der Waals surface area (Å²) in [7, 11) is -9.94. The summed E-state index contributed by atoms with van der Waals surface area (Å²) in [5.74, 6) is -1.22. The molecule has 0 heterocycles. The summed E-state index contributed by atoms with van der Waals surface area (Å²) in [6, 6.07) is 0. The quantitative estimate of drug-likeness (QED) is 0.0222. The van der Waals surface area contributed by atoms with Gasteiger partial charge in [-0.25, -0.2) is 9.13 Å². The molecule has 0 saturated carbocycles. The predicted octanol–water partition coefficient (Wildman–Crippen LogP) is 28.7. The van der Waals surface area contributed by atoms with Crippen molar-refractivity contribution < 1.29 is 80.2 Å². The van der Waals surface area contributed by atoms with E-state index in [2.05, 4.69) is 34.6 Å². The lowest BCUT2D eigenvalue weighted by molar-refractivity contribution is -0.161. The molecule has 17 nitrogen and oxygen atoms in total. The second-order valence-corrected chi connectivity index (χ2v) is 36.2. The first-order valence-corrected chi connectivity index (χ1v) is 50.7. The van der Waals surface area contributed by atoms with Crippen LogP contribution in [-0.2, 0) is 65.4 Å². The Hall–Kier alpha value is -1.94. The molecule has 0 aromatic carbocycles. The second kappa shape index (κ2) is 84.5. The number of phosphoric acid groups is 2. The first-order valence-electron chi connectivity index (χ1n) is 47.7. The van der Waals surface area contributed by atoms with Crippen molar-refractivity contribution in [3.63, 3.8) is 0 Å². The topological polar surface area (TPSA) is 237 Å². The van der Waals surface area contributed by atoms with Crippen LogP contribution in [0.5, 0.6) is 0 Å². The zero-order valence-corrected chi connectivity index (χ0v) is 74.9. The zero-order chi connectivity index (χ0) is 81.1. The van der Waals surface area contributed by atoms with Crippen molar-refractivity contribution in [2.24, 2.45) is 5.92 Å². The number of hydrogen-bond donors (Lipinski definition) is 3. The number of esters is 4. The lowest BCUT2D eigenvalue weighted by Gasteiger charge is -2.21. The fraction of sp³-hybridized carbons (Fsp3) is 0.957. The van der Waals surface area contributed by atoms with Crippen LogP contribution in [0.3, 0.4) is 0 Å². The molecule has 0 aliphatic rings. The monoisotopic (exact) mass is 1620 g/mol. The first kappa shape index (κ1) is 109. The minimum atomic E-state index is -4.97. The van der Waals surface area contributed by atoms with E-state index < -0.39 is 97.5 Å². The highest BCUT2D eigenvalue weighted by atomic mass is 31.2. The van der Waals surface area contributed by atoms with Crippen LogP contribution in [0.25, 0.3) is 0 Å².